The smallest absolute Gasteiger partial charge is 0.160 e. The Bertz CT molecular complexity index is 5710. The molecule has 17 aromatic rings. The van der Waals surface area contributed by atoms with Crippen LogP contribution in [0.5, 0.6) is 0 Å². The predicted molar refractivity (Wildman–Crippen MR) is 382 cm³/mol. The van der Waals surface area contributed by atoms with Gasteiger partial charge in [-0.1, -0.05) is 182 Å². The third-order valence-electron chi connectivity index (χ3n) is 18.4. The van der Waals surface area contributed by atoms with Crippen molar-refractivity contribution >= 4 is 65.4 Å². The van der Waals surface area contributed by atoms with Gasteiger partial charge in [-0.25, -0.2) is 9.97 Å². The Balaban J connectivity index is 0.985. The monoisotopic (exact) mass is 1210 g/mol. The zero-order valence-electron chi connectivity index (χ0n) is 50.8. The van der Waals surface area contributed by atoms with Crippen molar-refractivity contribution in [2.45, 2.75) is 0 Å². The molecular formula is C86H49N9. The summed E-state index contributed by atoms with van der Waals surface area (Å²) in [7, 11) is 0. The van der Waals surface area contributed by atoms with Crippen molar-refractivity contribution < 1.29 is 0 Å². The van der Waals surface area contributed by atoms with E-state index >= 15 is 0 Å². The number of para-hydroxylation sites is 4. The Morgan fingerprint density at radius 1 is 0.242 bits per heavy atom. The molecule has 0 amide bonds. The molecule has 0 aliphatic rings. The molecule has 9 nitrogen and oxygen atoms in total. The molecule has 0 aliphatic heterocycles. The van der Waals surface area contributed by atoms with Crippen LogP contribution in [0.3, 0.4) is 0 Å². The van der Waals surface area contributed by atoms with E-state index < -0.39 is 0 Å². The van der Waals surface area contributed by atoms with Gasteiger partial charge >= 0.3 is 0 Å². The van der Waals surface area contributed by atoms with Crippen LogP contribution in [-0.4, -0.2) is 23.7 Å². The lowest BCUT2D eigenvalue weighted by Crippen LogP contribution is -2.04. The number of aromatic nitrogens is 5. The van der Waals surface area contributed by atoms with Gasteiger partial charge in [0.05, 0.1) is 96.7 Å². The summed E-state index contributed by atoms with van der Waals surface area (Å²) >= 11 is 0. The van der Waals surface area contributed by atoms with E-state index in [-0.39, 0.29) is 0 Å². The van der Waals surface area contributed by atoms with Gasteiger partial charge in [-0.05, 0) is 149 Å². The fourth-order valence-electron chi connectivity index (χ4n) is 14.0. The van der Waals surface area contributed by atoms with Crippen molar-refractivity contribution in [2.24, 2.45) is 0 Å². The highest BCUT2D eigenvalue weighted by atomic mass is 15.0. The highest BCUT2D eigenvalue weighted by Crippen LogP contribution is 2.47. The summed E-state index contributed by atoms with van der Waals surface area (Å²) in [4.78, 5) is 11.0. The first kappa shape index (κ1) is 55.4. The van der Waals surface area contributed by atoms with Crippen LogP contribution in [0.4, 0.5) is 0 Å². The fourth-order valence-corrected chi connectivity index (χ4v) is 14.0. The first-order chi connectivity index (χ1) is 46.9. The Labute approximate surface area is 546 Å². The van der Waals surface area contributed by atoms with E-state index in [0.717, 1.165) is 122 Å². The quantitative estimate of drug-likeness (QED) is 0.134. The van der Waals surface area contributed by atoms with E-state index in [2.05, 4.69) is 262 Å². The van der Waals surface area contributed by atoms with Gasteiger partial charge in [0.15, 0.2) is 5.82 Å². The largest absolute Gasteiger partial charge is 0.309 e. The second kappa shape index (κ2) is 22.7. The molecule has 0 saturated heterocycles. The average molecular weight is 1210 g/mol. The maximum atomic E-state index is 10.6. The fraction of sp³-hybridized carbons (Fsp3) is 0. The van der Waals surface area contributed by atoms with Crippen molar-refractivity contribution in [1.82, 2.24) is 23.7 Å². The van der Waals surface area contributed by atoms with Gasteiger partial charge < -0.3 is 13.7 Å². The van der Waals surface area contributed by atoms with Crippen molar-refractivity contribution in [3.8, 4) is 120 Å². The highest BCUT2D eigenvalue weighted by Gasteiger charge is 2.26. The second-order valence-corrected chi connectivity index (χ2v) is 23.7. The van der Waals surface area contributed by atoms with Crippen molar-refractivity contribution in [1.29, 1.82) is 21.0 Å². The molecule has 95 heavy (non-hydrogen) atoms. The molecule has 0 aliphatic carbocycles. The minimum atomic E-state index is 0.381. The topological polar surface area (TPSA) is 136 Å². The van der Waals surface area contributed by atoms with E-state index in [4.69, 9.17) is 9.97 Å². The SMILES string of the molecule is N#Cc1ccc(-c2ccc3c(c2)c2cc(-c4ccc(C#N)cc4C#N)ccc2n3-c2c(-c3ccc(-n4c5ccccc5c5ccccc54)cc3)cc(-c3nc(-c4ccccc4)cc(-c4ccccc4)n3)cc2-c2ccc(-n3c4ccccc4c4ccccc43)cc2)c(C#N)c1. The Kier molecular flexibility index (Phi) is 13.2. The van der Waals surface area contributed by atoms with Crippen LogP contribution in [0.25, 0.3) is 161 Å². The van der Waals surface area contributed by atoms with Crippen molar-refractivity contribution in [3.63, 3.8) is 0 Å². The van der Waals surface area contributed by atoms with Gasteiger partial charge in [0, 0.05) is 71.5 Å². The first-order valence-electron chi connectivity index (χ1n) is 31.3. The van der Waals surface area contributed by atoms with Crippen molar-refractivity contribution in [2.75, 3.05) is 0 Å². The Hall–Kier alpha value is -13.7. The van der Waals surface area contributed by atoms with E-state index in [1.54, 1.807) is 24.3 Å². The number of hydrogen-bond donors (Lipinski definition) is 0. The summed E-state index contributed by atoms with van der Waals surface area (Å²) in [5.74, 6) is 0.547. The number of benzene rings is 13. The molecule has 438 valence electrons. The molecule has 0 atom stereocenters. The van der Waals surface area contributed by atoms with Crippen molar-refractivity contribution in [3.05, 3.63) is 320 Å². The molecule has 0 fully saturated rings. The predicted octanol–water partition coefficient (Wildman–Crippen LogP) is 20.9. The number of nitrogens with zero attached hydrogens (tertiary/aromatic N) is 9. The minimum absolute atomic E-state index is 0.381. The van der Waals surface area contributed by atoms with E-state index in [1.807, 2.05) is 48.5 Å². The Morgan fingerprint density at radius 2 is 0.600 bits per heavy atom. The molecule has 4 aromatic heterocycles. The van der Waals surface area contributed by atoms with Gasteiger partial charge in [0.2, 0.25) is 0 Å². The maximum absolute atomic E-state index is 10.6. The van der Waals surface area contributed by atoms with Crippen LogP contribution in [0.2, 0.25) is 0 Å². The molecule has 9 heteroatoms. The van der Waals surface area contributed by atoms with E-state index in [9.17, 15) is 21.0 Å². The van der Waals surface area contributed by atoms with Gasteiger partial charge in [0.25, 0.3) is 0 Å². The summed E-state index contributed by atoms with van der Waals surface area (Å²) < 4.78 is 7.03. The lowest BCUT2D eigenvalue weighted by Gasteiger charge is -2.22. The normalized spacial score (nSPS) is 11.3. The maximum Gasteiger partial charge on any atom is 0.160 e. The zero-order chi connectivity index (χ0) is 63.7. The Morgan fingerprint density at radius 3 is 0.979 bits per heavy atom. The van der Waals surface area contributed by atoms with E-state index in [1.165, 1.54) is 21.5 Å². The summed E-state index contributed by atoms with van der Waals surface area (Å²) in [6, 6.07) is 111. The lowest BCUT2D eigenvalue weighted by atomic mass is 9.92. The van der Waals surface area contributed by atoms with Crippen LogP contribution in [-0.2, 0) is 0 Å². The minimum Gasteiger partial charge on any atom is -0.309 e. The van der Waals surface area contributed by atoms with Crippen LogP contribution in [0, 0.1) is 45.3 Å². The number of fused-ring (bicyclic) bond motifs is 9. The molecule has 4 heterocycles. The molecule has 0 N–H and O–H groups in total. The summed E-state index contributed by atoms with van der Waals surface area (Å²) in [5, 5.41) is 47.6. The molecule has 0 saturated carbocycles. The van der Waals surface area contributed by atoms with Crippen LogP contribution >= 0.6 is 0 Å². The number of nitriles is 4. The van der Waals surface area contributed by atoms with Gasteiger partial charge in [-0.2, -0.15) is 21.0 Å². The van der Waals surface area contributed by atoms with Crippen LogP contribution in [0.15, 0.2) is 297 Å². The molecule has 0 radical (unpaired) electrons. The summed E-state index contributed by atoms with van der Waals surface area (Å²) in [5.41, 5.74) is 21.6. The lowest BCUT2D eigenvalue weighted by molar-refractivity contribution is 1.16. The third kappa shape index (κ3) is 9.28. The molecule has 0 bridgehead atoms. The van der Waals surface area contributed by atoms with Gasteiger partial charge in [-0.3, -0.25) is 0 Å². The van der Waals surface area contributed by atoms with Gasteiger partial charge in [-0.15, -0.1) is 0 Å². The third-order valence-corrected chi connectivity index (χ3v) is 18.4. The summed E-state index contributed by atoms with van der Waals surface area (Å²) in [6.07, 6.45) is 0. The molecule has 0 spiro atoms. The van der Waals surface area contributed by atoms with Crippen LogP contribution in [0.1, 0.15) is 22.3 Å². The molecule has 0 unspecified atom stereocenters. The number of hydrogen-bond acceptors (Lipinski definition) is 6. The van der Waals surface area contributed by atoms with Crippen LogP contribution < -0.4 is 0 Å². The molecule has 17 rings (SSSR count). The second-order valence-electron chi connectivity index (χ2n) is 23.7. The standard InChI is InChI=1S/C86H49N9/c87-50-54-27-39-67(63(43-54)52-89)60-33-41-83-75(45-60)76-46-61(68-40-28-55(51-88)44-64(68)53-90)34-42-84(76)95(83)85-73(56-29-35-65(36-30-56)93-79-23-11-7-19-69(79)70-20-8-12-24-80(70)93)47-62(86-91-77(58-15-3-1-4-16-58)49-78(92-86)59-17-5-2-6-18-59)48-74(85)57-31-37-66(38-32-57)94-81-25-13-9-21-71(81)72-22-10-14-26-82(72)94/h1-49H. The molecule has 13 aromatic carbocycles. The average Bonchev–Trinajstić information content (AvgIpc) is 1.61. The zero-order valence-corrected chi connectivity index (χ0v) is 50.8. The first-order valence-corrected chi connectivity index (χ1v) is 31.3. The van der Waals surface area contributed by atoms with E-state index in [0.29, 0.717) is 39.2 Å². The van der Waals surface area contributed by atoms with Gasteiger partial charge in [0.1, 0.15) is 0 Å². The highest BCUT2D eigenvalue weighted by molar-refractivity contribution is 6.14. The number of rotatable bonds is 10. The summed E-state index contributed by atoms with van der Waals surface area (Å²) in [6.45, 7) is 0. The molecular weight excluding hydrogens is 1160 g/mol.